The maximum atomic E-state index is 12.7. The Labute approximate surface area is 169 Å². The first-order chi connectivity index (χ1) is 14.1. The summed E-state index contributed by atoms with van der Waals surface area (Å²) < 4.78 is 1.81. The molecular formula is C22H23N5O2. The second-order valence-electron chi connectivity index (χ2n) is 7.15. The first-order valence-electron chi connectivity index (χ1n) is 9.67. The topological polar surface area (TPSA) is 80.1 Å². The molecule has 3 aromatic rings. The number of hydrogen-bond acceptors (Lipinski definition) is 4. The quantitative estimate of drug-likeness (QED) is 0.727. The highest BCUT2D eigenvalue weighted by Gasteiger charge is 2.30. The van der Waals surface area contributed by atoms with Crippen LogP contribution in [0, 0.1) is 0 Å². The molecule has 148 valence electrons. The molecule has 0 aliphatic carbocycles. The van der Waals surface area contributed by atoms with E-state index in [0.29, 0.717) is 13.1 Å². The van der Waals surface area contributed by atoms with E-state index in [1.165, 1.54) is 5.56 Å². The van der Waals surface area contributed by atoms with Gasteiger partial charge in [-0.2, -0.15) is 0 Å². The fourth-order valence-corrected chi connectivity index (χ4v) is 3.80. The summed E-state index contributed by atoms with van der Waals surface area (Å²) >= 11 is 0. The molecule has 2 amide bonds. The number of aromatic nitrogens is 3. The lowest BCUT2D eigenvalue weighted by Gasteiger charge is -2.36. The van der Waals surface area contributed by atoms with E-state index < -0.39 is 0 Å². The summed E-state index contributed by atoms with van der Waals surface area (Å²) in [4.78, 5) is 35.0. The predicted octanol–water partition coefficient (Wildman–Crippen LogP) is 2.42. The fourth-order valence-electron chi connectivity index (χ4n) is 3.80. The number of pyridine rings is 1. The highest BCUT2D eigenvalue weighted by molar-refractivity contribution is 5.79. The molecule has 0 radical (unpaired) electrons. The summed E-state index contributed by atoms with van der Waals surface area (Å²) in [5, 5.41) is 2.98. The number of carbonyl (C=O) groups excluding carboxylic acids is 2. The van der Waals surface area contributed by atoms with Gasteiger partial charge in [-0.25, -0.2) is 9.97 Å². The van der Waals surface area contributed by atoms with Gasteiger partial charge in [0.1, 0.15) is 12.1 Å². The van der Waals surface area contributed by atoms with Crippen molar-refractivity contribution < 1.29 is 9.59 Å². The van der Waals surface area contributed by atoms with E-state index in [4.69, 9.17) is 0 Å². The Hall–Kier alpha value is -3.48. The molecule has 1 atom stereocenters. The van der Waals surface area contributed by atoms with Gasteiger partial charge in [0.05, 0.1) is 12.5 Å². The number of benzene rings is 1. The summed E-state index contributed by atoms with van der Waals surface area (Å²) in [5.41, 5.74) is 3.22. The average molecular weight is 389 g/mol. The normalized spacial score (nSPS) is 15.6. The van der Waals surface area contributed by atoms with Crippen LogP contribution in [0.1, 0.15) is 36.1 Å². The zero-order chi connectivity index (χ0) is 20.2. The van der Waals surface area contributed by atoms with Crippen LogP contribution in [0.4, 0.5) is 0 Å². The molecule has 1 aliphatic rings. The van der Waals surface area contributed by atoms with Gasteiger partial charge in [-0.1, -0.05) is 24.3 Å². The van der Waals surface area contributed by atoms with Gasteiger partial charge in [-0.15, -0.1) is 0 Å². The molecule has 7 nitrogen and oxygen atoms in total. The minimum atomic E-state index is -0.226. The number of carbonyl (C=O) groups is 2. The van der Waals surface area contributed by atoms with Crippen molar-refractivity contribution in [3.05, 3.63) is 78.0 Å². The SMILES string of the molecule is CC(=O)N1CCc2ccccc2C1CC(=O)NCc1ccnc(-n2ccnc2)c1. The Bertz CT molecular complexity index is 1020. The lowest BCUT2D eigenvalue weighted by Crippen LogP contribution is -2.41. The molecule has 0 fully saturated rings. The first-order valence-corrected chi connectivity index (χ1v) is 9.67. The predicted molar refractivity (Wildman–Crippen MR) is 108 cm³/mol. The molecule has 0 saturated carbocycles. The second kappa shape index (κ2) is 8.26. The Balaban J connectivity index is 1.44. The summed E-state index contributed by atoms with van der Waals surface area (Å²) in [6, 6.07) is 11.6. The van der Waals surface area contributed by atoms with E-state index in [0.717, 1.165) is 23.4 Å². The minimum Gasteiger partial charge on any atom is -0.352 e. The molecule has 1 N–H and O–H groups in total. The highest BCUT2D eigenvalue weighted by atomic mass is 16.2. The molecule has 0 spiro atoms. The third-order valence-corrected chi connectivity index (χ3v) is 5.26. The van der Waals surface area contributed by atoms with Crippen LogP contribution in [-0.4, -0.2) is 37.8 Å². The van der Waals surface area contributed by atoms with Gasteiger partial charge in [-0.3, -0.25) is 14.2 Å². The van der Waals surface area contributed by atoms with Crippen LogP contribution in [0.2, 0.25) is 0 Å². The second-order valence-corrected chi connectivity index (χ2v) is 7.15. The Morgan fingerprint density at radius 1 is 1.21 bits per heavy atom. The van der Waals surface area contributed by atoms with Gasteiger partial charge in [0.15, 0.2) is 0 Å². The zero-order valence-electron chi connectivity index (χ0n) is 16.3. The molecular weight excluding hydrogens is 366 g/mol. The molecule has 0 bridgehead atoms. The van der Waals surface area contributed by atoms with Crippen molar-refractivity contribution in [3.63, 3.8) is 0 Å². The number of rotatable bonds is 5. The summed E-state index contributed by atoms with van der Waals surface area (Å²) in [6.07, 6.45) is 7.98. The van der Waals surface area contributed by atoms with E-state index in [9.17, 15) is 9.59 Å². The van der Waals surface area contributed by atoms with Gasteiger partial charge in [-0.05, 0) is 35.2 Å². The lowest BCUT2D eigenvalue weighted by atomic mass is 9.90. The Morgan fingerprint density at radius 3 is 2.86 bits per heavy atom. The van der Waals surface area contributed by atoms with Crippen molar-refractivity contribution in [2.24, 2.45) is 0 Å². The van der Waals surface area contributed by atoms with Gasteiger partial charge < -0.3 is 10.2 Å². The van der Waals surface area contributed by atoms with Crippen molar-refractivity contribution >= 4 is 11.8 Å². The van der Waals surface area contributed by atoms with Crippen molar-refractivity contribution in [2.45, 2.75) is 32.4 Å². The van der Waals surface area contributed by atoms with E-state index in [-0.39, 0.29) is 24.3 Å². The lowest BCUT2D eigenvalue weighted by molar-refractivity contribution is -0.133. The fraction of sp³-hybridized carbons (Fsp3) is 0.273. The largest absolute Gasteiger partial charge is 0.352 e. The van der Waals surface area contributed by atoms with Gasteiger partial charge in [0.25, 0.3) is 0 Å². The molecule has 7 heteroatoms. The van der Waals surface area contributed by atoms with Crippen molar-refractivity contribution in [1.29, 1.82) is 0 Å². The van der Waals surface area contributed by atoms with Crippen molar-refractivity contribution in [3.8, 4) is 5.82 Å². The molecule has 1 aliphatic heterocycles. The standard InChI is InChI=1S/C22H23N5O2/c1-16(28)27-10-7-18-4-2-3-5-19(18)20(27)13-22(29)25-14-17-6-8-24-21(12-17)26-11-9-23-15-26/h2-6,8-9,11-12,15,20H,7,10,13-14H2,1H3,(H,25,29). The van der Waals surface area contributed by atoms with E-state index in [1.807, 2.05) is 41.1 Å². The maximum Gasteiger partial charge on any atom is 0.222 e. The Morgan fingerprint density at radius 2 is 2.07 bits per heavy atom. The smallest absolute Gasteiger partial charge is 0.222 e. The van der Waals surface area contributed by atoms with Gasteiger partial charge >= 0.3 is 0 Å². The Kier molecular flexibility index (Phi) is 5.37. The number of fused-ring (bicyclic) bond motifs is 1. The number of amides is 2. The summed E-state index contributed by atoms with van der Waals surface area (Å²) in [5.74, 6) is 0.661. The van der Waals surface area contributed by atoms with Crippen molar-refractivity contribution in [2.75, 3.05) is 6.54 Å². The molecule has 2 aromatic heterocycles. The minimum absolute atomic E-state index is 0.00332. The number of hydrogen-bond donors (Lipinski definition) is 1. The number of nitrogens with zero attached hydrogens (tertiary/aromatic N) is 4. The zero-order valence-corrected chi connectivity index (χ0v) is 16.3. The van der Waals surface area contributed by atoms with Crippen LogP contribution in [0.5, 0.6) is 0 Å². The van der Waals surface area contributed by atoms with Gasteiger partial charge in [0, 0.05) is 38.6 Å². The van der Waals surface area contributed by atoms with Crippen LogP contribution in [0.25, 0.3) is 5.82 Å². The van der Waals surface area contributed by atoms with E-state index >= 15 is 0 Å². The summed E-state index contributed by atoms with van der Waals surface area (Å²) in [6.45, 7) is 2.61. The number of imidazole rings is 1. The molecule has 4 rings (SSSR count). The third kappa shape index (κ3) is 4.18. The van der Waals surface area contributed by atoms with Gasteiger partial charge in [0.2, 0.25) is 11.8 Å². The monoisotopic (exact) mass is 389 g/mol. The molecule has 1 unspecified atom stereocenters. The summed E-state index contributed by atoms with van der Waals surface area (Å²) in [7, 11) is 0. The molecule has 29 heavy (non-hydrogen) atoms. The molecule has 3 heterocycles. The van der Waals surface area contributed by atoms with Crippen molar-refractivity contribution in [1.82, 2.24) is 24.8 Å². The van der Waals surface area contributed by atoms with Crippen LogP contribution < -0.4 is 5.32 Å². The van der Waals surface area contributed by atoms with E-state index in [1.54, 1.807) is 30.5 Å². The highest BCUT2D eigenvalue weighted by Crippen LogP contribution is 2.32. The molecule has 0 saturated heterocycles. The average Bonchev–Trinajstić information content (AvgIpc) is 3.27. The first kappa shape index (κ1) is 18.9. The van der Waals surface area contributed by atoms with Crippen LogP contribution >= 0.6 is 0 Å². The van der Waals surface area contributed by atoms with E-state index in [2.05, 4.69) is 21.4 Å². The maximum absolute atomic E-state index is 12.7. The molecule has 1 aromatic carbocycles. The van der Waals surface area contributed by atoms with Crippen LogP contribution in [-0.2, 0) is 22.6 Å². The van der Waals surface area contributed by atoms with Crippen LogP contribution in [0.3, 0.4) is 0 Å². The number of nitrogens with one attached hydrogen (secondary N) is 1. The third-order valence-electron chi connectivity index (χ3n) is 5.26. The van der Waals surface area contributed by atoms with Crippen LogP contribution in [0.15, 0.2) is 61.3 Å².